The average Bonchev–Trinajstić information content (AvgIpc) is 2.95. The van der Waals surface area contributed by atoms with Crippen molar-refractivity contribution in [3.8, 4) is 0 Å². The smallest absolute Gasteiger partial charge is 0.240 e. The Morgan fingerprint density at radius 2 is 2.19 bits per heavy atom. The van der Waals surface area contributed by atoms with Gasteiger partial charge in [0, 0.05) is 24.6 Å². The number of nitrogens with two attached hydrogens (primary N) is 1. The molecule has 0 radical (unpaired) electrons. The number of hydrogen-bond acceptors (Lipinski definition) is 3. The summed E-state index contributed by atoms with van der Waals surface area (Å²) in [7, 11) is 0. The molecule has 1 heterocycles. The maximum atomic E-state index is 11.7. The van der Waals surface area contributed by atoms with E-state index in [-0.39, 0.29) is 5.91 Å². The highest BCUT2D eigenvalue weighted by Gasteiger charge is 2.40. The third-order valence-electron chi connectivity index (χ3n) is 4.02. The average molecular weight is 305 g/mol. The Labute approximate surface area is 128 Å². The van der Waals surface area contributed by atoms with Gasteiger partial charge >= 0.3 is 0 Å². The number of fused-ring (bicyclic) bond motifs is 1. The highest BCUT2D eigenvalue weighted by Crippen LogP contribution is 2.25. The van der Waals surface area contributed by atoms with Crippen LogP contribution in [0.25, 0.3) is 10.8 Å². The lowest BCUT2D eigenvalue weighted by Gasteiger charge is -2.25. The molecule has 0 saturated carbocycles. The third-order valence-corrected chi connectivity index (χ3v) is 4.24. The van der Waals surface area contributed by atoms with Crippen LogP contribution >= 0.6 is 11.6 Å². The standard InChI is InChI=1S/C16H17ClN2O2/c17-13-7-11-3-1-2-4-14(11)12(8-13)9-19-16(15(18)20)5-6-21-10-16/h1-4,7-8,19H,5-6,9-10H2,(H2,18,20). The predicted octanol–water partition coefficient (Wildman–Crippen LogP) is 2.23. The monoisotopic (exact) mass is 304 g/mol. The van der Waals surface area contributed by atoms with Crippen LogP contribution in [-0.4, -0.2) is 24.7 Å². The van der Waals surface area contributed by atoms with E-state index in [4.69, 9.17) is 22.1 Å². The number of halogens is 1. The van der Waals surface area contributed by atoms with Crippen molar-refractivity contribution in [1.29, 1.82) is 0 Å². The van der Waals surface area contributed by atoms with Gasteiger partial charge in [-0.25, -0.2) is 0 Å². The first-order valence-electron chi connectivity index (χ1n) is 6.91. The molecule has 1 atom stereocenters. The van der Waals surface area contributed by atoms with Crippen LogP contribution in [-0.2, 0) is 16.1 Å². The Bertz CT molecular complexity index is 681. The molecular weight excluding hydrogens is 288 g/mol. The molecule has 1 unspecified atom stereocenters. The summed E-state index contributed by atoms with van der Waals surface area (Å²) in [6, 6.07) is 11.9. The lowest BCUT2D eigenvalue weighted by Crippen LogP contribution is -2.55. The van der Waals surface area contributed by atoms with Gasteiger partial charge < -0.3 is 10.5 Å². The van der Waals surface area contributed by atoms with Crippen molar-refractivity contribution in [2.75, 3.05) is 13.2 Å². The zero-order chi connectivity index (χ0) is 14.9. The van der Waals surface area contributed by atoms with E-state index in [1.165, 1.54) is 0 Å². The Morgan fingerprint density at radius 1 is 1.38 bits per heavy atom. The minimum absolute atomic E-state index is 0.320. The maximum absolute atomic E-state index is 11.7. The zero-order valence-electron chi connectivity index (χ0n) is 11.6. The van der Waals surface area contributed by atoms with Gasteiger partial charge in [-0.1, -0.05) is 35.9 Å². The van der Waals surface area contributed by atoms with Gasteiger partial charge in [0.2, 0.25) is 5.91 Å². The van der Waals surface area contributed by atoms with Crippen LogP contribution in [0.3, 0.4) is 0 Å². The second-order valence-corrected chi connectivity index (χ2v) is 5.82. The SMILES string of the molecule is NC(=O)C1(NCc2cc(Cl)cc3ccccc23)CCOC1. The number of amides is 1. The topological polar surface area (TPSA) is 64.4 Å². The number of rotatable bonds is 4. The minimum atomic E-state index is -0.774. The number of nitrogens with one attached hydrogen (secondary N) is 1. The van der Waals surface area contributed by atoms with Gasteiger partial charge in [-0.2, -0.15) is 0 Å². The molecule has 0 spiro atoms. The molecule has 1 saturated heterocycles. The number of primary amides is 1. The van der Waals surface area contributed by atoms with Crippen molar-refractivity contribution in [3.05, 3.63) is 47.0 Å². The second kappa shape index (κ2) is 5.64. The van der Waals surface area contributed by atoms with E-state index in [1.807, 2.05) is 36.4 Å². The molecule has 3 rings (SSSR count). The van der Waals surface area contributed by atoms with Gasteiger partial charge in [-0.3, -0.25) is 10.1 Å². The van der Waals surface area contributed by atoms with Gasteiger partial charge in [0.25, 0.3) is 0 Å². The summed E-state index contributed by atoms with van der Waals surface area (Å²) in [6.45, 7) is 1.39. The summed E-state index contributed by atoms with van der Waals surface area (Å²) in [5, 5.41) is 6.15. The Morgan fingerprint density at radius 3 is 2.90 bits per heavy atom. The van der Waals surface area contributed by atoms with Crippen LogP contribution in [0, 0.1) is 0 Å². The first kappa shape index (κ1) is 14.3. The number of carbonyl (C=O) groups is 1. The molecular formula is C16H17ClN2O2. The van der Waals surface area contributed by atoms with E-state index in [0.717, 1.165) is 16.3 Å². The molecule has 0 bridgehead atoms. The number of carbonyl (C=O) groups excluding carboxylic acids is 1. The van der Waals surface area contributed by atoms with E-state index < -0.39 is 5.54 Å². The van der Waals surface area contributed by atoms with Crippen LogP contribution in [0.15, 0.2) is 36.4 Å². The molecule has 5 heteroatoms. The fourth-order valence-electron chi connectivity index (χ4n) is 2.75. The Balaban J connectivity index is 1.90. The molecule has 1 fully saturated rings. The van der Waals surface area contributed by atoms with E-state index >= 15 is 0 Å². The van der Waals surface area contributed by atoms with Crippen molar-refractivity contribution in [2.24, 2.45) is 5.73 Å². The number of benzene rings is 2. The molecule has 2 aromatic carbocycles. The molecule has 21 heavy (non-hydrogen) atoms. The van der Waals surface area contributed by atoms with Crippen LogP contribution in [0.2, 0.25) is 5.02 Å². The lowest BCUT2D eigenvalue weighted by atomic mass is 9.96. The van der Waals surface area contributed by atoms with E-state index in [9.17, 15) is 4.79 Å². The second-order valence-electron chi connectivity index (χ2n) is 5.39. The van der Waals surface area contributed by atoms with Crippen molar-refractivity contribution < 1.29 is 9.53 Å². The Kier molecular flexibility index (Phi) is 3.85. The van der Waals surface area contributed by atoms with Crippen molar-refractivity contribution in [3.63, 3.8) is 0 Å². The van der Waals surface area contributed by atoms with Gasteiger partial charge in [-0.15, -0.1) is 0 Å². The van der Waals surface area contributed by atoms with Gasteiger partial charge in [0.15, 0.2) is 0 Å². The van der Waals surface area contributed by atoms with Gasteiger partial charge in [-0.05, 0) is 28.5 Å². The van der Waals surface area contributed by atoms with E-state index in [0.29, 0.717) is 31.2 Å². The molecule has 4 nitrogen and oxygen atoms in total. The summed E-state index contributed by atoms with van der Waals surface area (Å²) in [5.41, 5.74) is 5.80. The van der Waals surface area contributed by atoms with Crippen molar-refractivity contribution in [2.45, 2.75) is 18.5 Å². The summed E-state index contributed by atoms with van der Waals surface area (Å²) < 4.78 is 5.33. The normalized spacial score (nSPS) is 21.8. The molecule has 1 amide bonds. The van der Waals surface area contributed by atoms with E-state index in [2.05, 4.69) is 5.32 Å². The van der Waals surface area contributed by atoms with Crippen LogP contribution in [0.5, 0.6) is 0 Å². The summed E-state index contributed by atoms with van der Waals surface area (Å²) in [5.74, 6) is -0.369. The van der Waals surface area contributed by atoms with E-state index in [1.54, 1.807) is 0 Å². The highest BCUT2D eigenvalue weighted by atomic mass is 35.5. The molecule has 0 aromatic heterocycles. The first-order valence-corrected chi connectivity index (χ1v) is 7.28. The van der Waals surface area contributed by atoms with Crippen molar-refractivity contribution >= 4 is 28.3 Å². The molecule has 2 aromatic rings. The first-order chi connectivity index (χ1) is 10.1. The summed E-state index contributed by atoms with van der Waals surface area (Å²) in [6.07, 6.45) is 0.598. The lowest BCUT2D eigenvalue weighted by molar-refractivity contribution is -0.124. The van der Waals surface area contributed by atoms with Gasteiger partial charge in [0.05, 0.1) is 6.61 Å². The fraction of sp³-hybridized carbons (Fsp3) is 0.312. The molecule has 1 aliphatic rings. The largest absolute Gasteiger partial charge is 0.379 e. The van der Waals surface area contributed by atoms with Crippen LogP contribution < -0.4 is 11.1 Å². The number of hydrogen-bond donors (Lipinski definition) is 2. The summed E-state index contributed by atoms with van der Waals surface area (Å²) in [4.78, 5) is 11.7. The molecule has 110 valence electrons. The molecule has 0 aliphatic carbocycles. The molecule has 3 N–H and O–H groups in total. The minimum Gasteiger partial charge on any atom is -0.379 e. The fourth-order valence-corrected chi connectivity index (χ4v) is 3.00. The third kappa shape index (κ3) is 2.75. The zero-order valence-corrected chi connectivity index (χ0v) is 12.3. The maximum Gasteiger partial charge on any atom is 0.240 e. The highest BCUT2D eigenvalue weighted by molar-refractivity contribution is 6.31. The predicted molar refractivity (Wildman–Crippen MR) is 83.2 cm³/mol. The Hall–Kier alpha value is -1.62. The number of ether oxygens (including phenoxy) is 1. The quantitative estimate of drug-likeness (QED) is 0.910. The van der Waals surface area contributed by atoms with Gasteiger partial charge in [0.1, 0.15) is 5.54 Å². The van der Waals surface area contributed by atoms with Crippen molar-refractivity contribution in [1.82, 2.24) is 5.32 Å². The van der Waals surface area contributed by atoms with Crippen LogP contribution in [0.4, 0.5) is 0 Å². The van der Waals surface area contributed by atoms with Crippen LogP contribution in [0.1, 0.15) is 12.0 Å². The summed E-state index contributed by atoms with van der Waals surface area (Å²) >= 11 is 6.17. The molecule has 1 aliphatic heterocycles.